The second-order valence-corrected chi connectivity index (χ2v) is 11.6. The van der Waals surface area contributed by atoms with Crippen molar-refractivity contribution in [3.8, 4) is 22.8 Å². The molecule has 2 aromatic carbocycles. The number of carbonyl (C=O) groups excluding carboxylic acids is 1. The molecule has 1 fully saturated rings. The molecule has 39 heavy (non-hydrogen) atoms. The first kappa shape index (κ1) is 29.4. The van der Waals surface area contributed by atoms with E-state index in [1.165, 1.54) is 0 Å². The first-order valence-corrected chi connectivity index (χ1v) is 13.8. The summed E-state index contributed by atoms with van der Waals surface area (Å²) in [7, 11) is 0. The molecule has 208 valence electrons. The highest BCUT2D eigenvalue weighted by Crippen LogP contribution is 2.34. The summed E-state index contributed by atoms with van der Waals surface area (Å²) in [5.74, 6) is 0.544. The van der Waals surface area contributed by atoms with Crippen LogP contribution in [0.15, 0.2) is 77.2 Å². The van der Waals surface area contributed by atoms with Gasteiger partial charge in [-0.25, -0.2) is 9.78 Å². The molecular formula is C29H30Cl3NO6. The molecule has 3 aromatic rings. The lowest BCUT2D eigenvalue weighted by Gasteiger charge is -2.26. The van der Waals surface area contributed by atoms with Crippen molar-refractivity contribution in [1.29, 1.82) is 0 Å². The number of hydrogen-bond acceptors (Lipinski definition) is 7. The van der Waals surface area contributed by atoms with E-state index in [-0.39, 0.29) is 6.61 Å². The second kappa shape index (κ2) is 13.7. The maximum absolute atomic E-state index is 11.7. The Balaban J connectivity index is 1.38. The average Bonchev–Trinajstić information content (AvgIpc) is 3.57. The van der Waals surface area contributed by atoms with Crippen LogP contribution < -0.4 is 0 Å². The van der Waals surface area contributed by atoms with Crippen molar-refractivity contribution in [2.45, 2.75) is 48.3 Å². The summed E-state index contributed by atoms with van der Waals surface area (Å²) in [5, 5.41) is 0. The molecule has 2 heterocycles. The van der Waals surface area contributed by atoms with Gasteiger partial charge in [0.15, 0.2) is 11.5 Å². The number of alkyl halides is 3. The third kappa shape index (κ3) is 8.98. The Labute approximate surface area is 242 Å². The molecule has 1 aliphatic rings. The summed E-state index contributed by atoms with van der Waals surface area (Å²) in [6.45, 7) is 2.39. The summed E-state index contributed by atoms with van der Waals surface area (Å²) in [5.41, 5.74) is 2.73. The zero-order valence-electron chi connectivity index (χ0n) is 21.5. The van der Waals surface area contributed by atoms with Gasteiger partial charge in [-0.15, -0.1) is 0 Å². The first-order valence-electron chi connectivity index (χ1n) is 12.7. The standard InChI is InChI=1S/C29H30Cl3NO6/c1-21(38-27(34)35-20-29(30,31)32)10-8-9-16-28(36-18-19-37-28)17-15-24-25(22-11-4-2-5-12-22)39-26(33-24)23-13-6-3-7-14-23/h2-9,11-14,21H,10,15-20H2,1H3/b9-8+. The lowest BCUT2D eigenvalue weighted by atomic mass is 10.0. The SMILES string of the molecule is CC(C/C=C/CC1(CCc2nc(-c3ccccc3)oc2-c2ccccc2)OCCO1)OC(=O)OCC(Cl)(Cl)Cl. The number of ether oxygens (including phenoxy) is 4. The van der Waals surface area contributed by atoms with Gasteiger partial charge in [-0.1, -0.05) is 95.5 Å². The van der Waals surface area contributed by atoms with E-state index < -0.39 is 21.8 Å². The molecule has 0 radical (unpaired) electrons. The van der Waals surface area contributed by atoms with Crippen molar-refractivity contribution in [2.24, 2.45) is 0 Å². The summed E-state index contributed by atoms with van der Waals surface area (Å²) >= 11 is 16.7. The lowest BCUT2D eigenvalue weighted by molar-refractivity contribution is -0.158. The van der Waals surface area contributed by atoms with Crippen LogP contribution in [0.2, 0.25) is 0 Å². The van der Waals surface area contributed by atoms with Crippen LogP contribution in [0.1, 0.15) is 31.9 Å². The first-order chi connectivity index (χ1) is 18.7. The highest BCUT2D eigenvalue weighted by Gasteiger charge is 2.36. The van der Waals surface area contributed by atoms with Gasteiger partial charge in [-0.3, -0.25) is 0 Å². The van der Waals surface area contributed by atoms with Crippen molar-refractivity contribution in [1.82, 2.24) is 4.98 Å². The Morgan fingerprint density at radius 1 is 1.03 bits per heavy atom. The van der Waals surface area contributed by atoms with Crippen molar-refractivity contribution < 1.29 is 28.2 Å². The molecule has 0 N–H and O–H groups in total. The number of halogens is 3. The fraction of sp³-hybridized carbons (Fsp3) is 0.379. The molecule has 0 amide bonds. The molecule has 4 rings (SSSR count). The van der Waals surface area contributed by atoms with Crippen LogP contribution in [-0.4, -0.2) is 46.6 Å². The number of rotatable bonds is 11. The molecular weight excluding hydrogens is 565 g/mol. The van der Waals surface area contributed by atoms with Gasteiger partial charge >= 0.3 is 6.16 Å². The van der Waals surface area contributed by atoms with Crippen LogP contribution in [-0.2, 0) is 25.4 Å². The van der Waals surface area contributed by atoms with E-state index >= 15 is 0 Å². The van der Waals surface area contributed by atoms with E-state index in [1.807, 2.05) is 72.8 Å². The summed E-state index contributed by atoms with van der Waals surface area (Å²) in [4.78, 5) is 16.6. The normalized spacial score (nSPS) is 15.9. The highest BCUT2D eigenvalue weighted by molar-refractivity contribution is 6.67. The number of aryl methyl sites for hydroxylation is 1. The van der Waals surface area contributed by atoms with E-state index in [1.54, 1.807) is 6.92 Å². The van der Waals surface area contributed by atoms with Gasteiger partial charge < -0.3 is 23.4 Å². The Morgan fingerprint density at radius 2 is 1.67 bits per heavy atom. The van der Waals surface area contributed by atoms with Crippen molar-refractivity contribution >= 4 is 41.0 Å². The maximum atomic E-state index is 11.7. The predicted octanol–water partition coefficient (Wildman–Crippen LogP) is 7.93. The van der Waals surface area contributed by atoms with Gasteiger partial charge in [0.25, 0.3) is 0 Å². The van der Waals surface area contributed by atoms with Crippen LogP contribution in [0.5, 0.6) is 0 Å². The highest BCUT2D eigenvalue weighted by atomic mass is 35.6. The van der Waals surface area contributed by atoms with Crippen molar-refractivity contribution in [3.63, 3.8) is 0 Å². The third-order valence-corrected chi connectivity index (χ3v) is 6.35. The fourth-order valence-electron chi connectivity index (χ4n) is 4.15. The molecule has 1 saturated heterocycles. The minimum atomic E-state index is -1.69. The lowest BCUT2D eigenvalue weighted by Crippen LogP contribution is -2.30. The maximum Gasteiger partial charge on any atom is 0.508 e. The Kier molecular flexibility index (Phi) is 10.3. The van der Waals surface area contributed by atoms with Gasteiger partial charge in [-0.2, -0.15) is 0 Å². The predicted molar refractivity (Wildman–Crippen MR) is 151 cm³/mol. The number of hydrogen-bond donors (Lipinski definition) is 0. The zero-order valence-corrected chi connectivity index (χ0v) is 23.8. The number of oxazole rings is 1. The van der Waals surface area contributed by atoms with E-state index in [0.717, 1.165) is 22.6 Å². The fourth-order valence-corrected chi connectivity index (χ4v) is 4.31. The quantitative estimate of drug-likeness (QED) is 0.127. The number of benzene rings is 2. The third-order valence-electron chi connectivity index (χ3n) is 6.02. The molecule has 0 aliphatic carbocycles. The van der Waals surface area contributed by atoms with E-state index in [4.69, 9.17) is 63.2 Å². The van der Waals surface area contributed by atoms with Crippen LogP contribution in [0.4, 0.5) is 4.79 Å². The van der Waals surface area contributed by atoms with Gasteiger partial charge in [0.2, 0.25) is 9.68 Å². The second-order valence-electron chi connectivity index (χ2n) is 9.13. The van der Waals surface area contributed by atoms with E-state index in [0.29, 0.717) is 44.8 Å². The number of aromatic nitrogens is 1. The van der Waals surface area contributed by atoms with Crippen LogP contribution in [0.3, 0.4) is 0 Å². The van der Waals surface area contributed by atoms with Gasteiger partial charge in [-0.05, 0) is 25.5 Å². The molecule has 1 aromatic heterocycles. The Morgan fingerprint density at radius 3 is 2.31 bits per heavy atom. The summed E-state index contributed by atoms with van der Waals surface area (Å²) < 4.78 is 26.6. The van der Waals surface area contributed by atoms with Gasteiger partial charge in [0.05, 0.1) is 18.9 Å². The average molecular weight is 595 g/mol. The molecule has 7 nitrogen and oxygen atoms in total. The van der Waals surface area contributed by atoms with Gasteiger partial charge in [0, 0.05) is 30.4 Å². The van der Waals surface area contributed by atoms with Gasteiger partial charge in [0.1, 0.15) is 12.7 Å². The smallest absolute Gasteiger partial charge is 0.436 e. The molecule has 1 unspecified atom stereocenters. The molecule has 1 atom stereocenters. The topological polar surface area (TPSA) is 80.0 Å². The minimum absolute atomic E-state index is 0.388. The monoisotopic (exact) mass is 593 g/mol. The molecule has 0 bridgehead atoms. The summed E-state index contributed by atoms with van der Waals surface area (Å²) in [6, 6.07) is 19.8. The summed E-state index contributed by atoms with van der Waals surface area (Å²) in [6.07, 6.45) is 4.76. The molecule has 10 heteroatoms. The molecule has 1 aliphatic heterocycles. The Bertz CT molecular complexity index is 1220. The van der Waals surface area contributed by atoms with Crippen LogP contribution >= 0.6 is 34.8 Å². The van der Waals surface area contributed by atoms with Crippen LogP contribution in [0.25, 0.3) is 22.8 Å². The number of nitrogens with zero attached hydrogens (tertiary/aromatic N) is 1. The minimum Gasteiger partial charge on any atom is -0.436 e. The largest absolute Gasteiger partial charge is 0.508 e. The van der Waals surface area contributed by atoms with E-state index in [9.17, 15) is 4.79 Å². The zero-order chi connectivity index (χ0) is 27.7. The van der Waals surface area contributed by atoms with Crippen molar-refractivity contribution in [2.75, 3.05) is 19.8 Å². The van der Waals surface area contributed by atoms with E-state index in [2.05, 4.69) is 0 Å². The molecule has 0 saturated carbocycles. The van der Waals surface area contributed by atoms with Crippen LogP contribution in [0, 0.1) is 0 Å². The number of carbonyl (C=O) groups is 1. The van der Waals surface area contributed by atoms with Crippen molar-refractivity contribution in [3.05, 3.63) is 78.5 Å². The Hall–Kier alpha value is -2.55. The molecule has 0 spiro atoms.